The van der Waals surface area contributed by atoms with Gasteiger partial charge < -0.3 is 15.5 Å². The van der Waals surface area contributed by atoms with Crippen LogP contribution in [-0.2, 0) is 0 Å². The first-order chi connectivity index (χ1) is 7.15. The summed E-state index contributed by atoms with van der Waals surface area (Å²) in [6, 6.07) is 1.76. The summed E-state index contributed by atoms with van der Waals surface area (Å²) in [7, 11) is 0. The molecule has 1 aromatic rings. The fraction of sp³-hybridized carbons (Fsp3) is 0.545. The van der Waals surface area contributed by atoms with E-state index in [4.69, 9.17) is 10.2 Å². The van der Waals surface area contributed by atoms with Crippen LogP contribution >= 0.6 is 12.4 Å². The average molecular weight is 247 g/mol. The third-order valence-corrected chi connectivity index (χ3v) is 2.20. The summed E-state index contributed by atoms with van der Waals surface area (Å²) < 4.78 is 5.28. The number of carbonyl (C=O) groups is 1. The molecule has 16 heavy (non-hydrogen) atoms. The van der Waals surface area contributed by atoms with E-state index in [1.54, 1.807) is 13.0 Å². The maximum absolute atomic E-state index is 11.6. The number of aryl methyl sites for hydroxylation is 2. The Hall–Kier alpha value is -1.000. The van der Waals surface area contributed by atoms with Crippen molar-refractivity contribution in [3.8, 4) is 0 Å². The summed E-state index contributed by atoms with van der Waals surface area (Å²) in [6.45, 7) is 4.96. The van der Waals surface area contributed by atoms with Crippen LogP contribution in [0, 0.1) is 13.8 Å². The minimum Gasteiger partial charge on any atom is -0.466 e. The largest absolute Gasteiger partial charge is 0.466 e. The van der Waals surface area contributed by atoms with Crippen molar-refractivity contribution >= 4 is 18.3 Å². The van der Waals surface area contributed by atoms with Gasteiger partial charge in [-0.2, -0.15) is 0 Å². The summed E-state index contributed by atoms with van der Waals surface area (Å²) >= 11 is 0. The molecule has 0 fully saturated rings. The van der Waals surface area contributed by atoms with E-state index in [1.165, 1.54) is 0 Å². The molecule has 0 aromatic carbocycles. The first-order valence-electron chi connectivity index (χ1n) is 5.20. The van der Waals surface area contributed by atoms with E-state index >= 15 is 0 Å². The van der Waals surface area contributed by atoms with Crippen LogP contribution in [0.3, 0.4) is 0 Å². The number of furan rings is 1. The number of hydrogen-bond acceptors (Lipinski definition) is 3. The molecule has 3 N–H and O–H groups in total. The van der Waals surface area contributed by atoms with Gasteiger partial charge in [-0.3, -0.25) is 4.79 Å². The number of unbranched alkanes of at least 4 members (excludes halogenated alkanes) is 1. The van der Waals surface area contributed by atoms with E-state index in [1.807, 2.05) is 6.92 Å². The van der Waals surface area contributed by atoms with E-state index in [0.717, 1.165) is 18.6 Å². The fourth-order valence-electron chi connectivity index (χ4n) is 1.42. The molecule has 0 unspecified atom stereocenters. The number of carbonyl (C=O) groups excluding carboxylic acids is 1. The Morgan fingerprint density at radius 1 is 1.44 bits per heavy atom. The smallest absolute Gasteiger partial charge is 0.254 e. The zero-order valence-electron chi connectivity index (χ0n) is 9.71. The van der Waals surface area contributed by atoms with Crippen molar-refractivity contribution in [2.45, 2.75) is 26.7 Å². The van der Waals surface area contributed by atoms with Gasteiger partial charge in [0.25, 0.3) is 5.91 Å². The summed E-state index contributed by atoms with van der Waals surface area (Å²) in [5.74, 6) is 1.37. The highest BCUT2D eigenvalue weighted by Crippen LogP contribution is 2.13. The van der Waals surface area contributed by atoms with E-state index < -0.39 is 0 Å². The lowest BCUT2D eigenvalue weighted by atomic mass is 10.2. The molecule has 0 spiro atoms. The normalized spacial score (nSPS) is 9.69. The molecule has 92 valence electrons. The van der Waals surface area contributed by atoms with Crippen molar-refractivity contribution in [3.05, 3.63) is 23.2 Å². The second kappa shape index (κ2) is 7.30. The molecular formula is C11H19ClN2O2. The molecule has 4 nitrogen and oxygen atoms in total. The molecule has 0 aliphatic carbocycles. The zero-order valence-corrected chi connectivity index (χ0v) is 10.5. The van der Waals surface area contributed by atoms with Crippen LogP contribution < -0.4 is 11.1 Å². The van der Waals surface area contributed by atoms with E-state index in [9.17, 15) is 4.79 Å². The predicted octanol–water partition coefficient (Wildman–Crippen LogP) is 1.79. The predicted molar refractivity (Wildman–Crippen MR) is 66.1 cm³/mol. The number of rotatable bonds is 5. The van der Waals surface area contributed by atoms with Gasteiger partial charge >= 0.3 is 0 Å². The Morgan fingerprint density at radius 2 is 2.12 bits per heavy atom. The molecule has 0 atom stereocenters. The molecule has 5 heteroatoms. The molecule has 1 heterocycles. The number of amides is 1. The Morgan fingerprint density at radius 3 is 2.62 bits per heavy atom. The van der Waals surface area contributed by atoms with Crippen LogP contribution in [0.25, 0.3) is 0 Å². The zero-order chi connectivity index (χ0) is 11.3. The first kappa shape index (κ1) is 15.0. The summed E-state index contributed by atoms with van der Waals surface area (Å²) in [5.41, 5.74) is 5.98. The lowest BCUT2D eigenvalue weighted by Crippen LogP contribution is -2.25. The minimum atomic E-state index is -0.0682. The fourth-order valence-corrected chi connectivity index (χ4v) is 1.42. The number of nitrogens with one attached hydrogen (secondary N) is 1. The van der Waals surface area contributed by atoms with Crippen LogP contribution in [0.2, 0.25) is 0 Å². The molecule has 0 radical (unpaired) electrons. The van der Waals surface area contributed by atoms with Gasteiger partial charge in [0.1, 0.15) is 11.5 Å². The van der Waals surface area contributed by atoms with Gasteiger partial charge in [-0.1, -0.05) is 0 Å². The van der Waals surface area contributed by atoms with E-state index in [2.05, 4.69) is 5.32 Å². The summed E-state index contributed by atoms with van der Waals surface area (Å²) in [4.78, 5) is 11.6. The van der Waals surface area contributed by atoms with Gasteiger partial charge in [-0.05, 0) is 39.3 Å². The third-order valence-electron chi connectivity index (χ3n) is 2.20. The van der Waals surface area contributed by atoms with Crippen LogP contribution in [0.5, 0.6) is 0 Å². The third kappa shape index (κ3) is 4.24. The Balaban J connectivity index is 0.00000225. The average Bonchev–Trinajstić information content (AvgIpc) is 2.52. The molecule has 0 aliphatic rings. The van der Waals surface area contributed by atoms with Gasteiger partial charge in [0.15, 0.2) is 0 Å². The van der Waals surface area contributed by atoms with Gasteiger partial charge in [0.2, 0.25) is 0 Å². The van der Waals surface area contributed by atoms with Crippen LogP contribution in [-0.4, -0.2) is 19.0 Å². The number of nitrogens with two attached hydrogens (primary N) is 1. The maximum atomic E-state index is 11.6. The molecule has 0 aliphatic heterocycles. The van der Waals surface area contributed by atoms with Crippen LogP contribution in [0.1, 0.15) is 34.7 Å². The first-order valence-corrected chi connectivity index (χ1v) is 5.20. The van der Waals surface area contributed by atoms with Crippen molar-refractivity contribution in [3.63, 3.8) is 0 Å². The van der Waals surface area contributed by atoms with Crippen molar-refractivity contribution in [1.82, 2.24) is 5.32 Å². The Labute approximate surface area is 102 Å². The van der Waals surface area contributed by atoms with Crippen molar-refractivity contribution in [2.75, 3.05) is 13.1 Å². The van der Waals surface area contributed by atoms with Gasteiger partial charge in [-0.25, -0.2) is 0 Å². The monoisotopic (exact) mass is 246 g/mol. The molecule has 0 bridgehead atoms. The van der Waals surface area contributed by atoms with Crippen LogP contribution in [0.4, 0.5) is 0 Å². The minimum absolute atomic E-state index is 0. The van der Waals surface area contributed by atoms with Gasteiger partial charge in [0.05, 0.1) is 5.56 Å². The molecule has 1 aromatic heterocycles. The van der Waals surface area contributed by atoms with Crippen molar-refractivity contribution in [1.29, 1.82) is 0 Å². The summed E-state index contributed by atoms with van der Waals surface area (Å²) in [6.07, 6.45) is 1.85. The topological polar surface area (TPSA) is 68.3 Å². The van der Waals surface area contributed by atoms with Crippen LogP contribution in [0.15, 0.2) is 10.5 Å². The Bertz CT molecular complexity index is 337. The van der Waals surface area contributed by atoms with Gasteiger partial charge in [0, 0.05) is 6.54 Å². The summed E-state index contributed by atoms with van der Waals surface area (Å²) in [5, 5.41) is 2.83. The van der Waals surface area contributed by atoms with Gasteiger partial charge in [-0.15, -0.1) is 12.4 Å². The molecule has 0 saturated carbocycles. The molecular weight excluding hydrogens is 228 g/mol. The maximum Gasteiger partial charge on any atom is 0.254 e. The van der Waals surface area contributed by atoms with Crippen molar-refractivity contribution in [2.24, 2.45) is 5.73 Å². The van der Waals surface area contributed by atoms with E-state index in [-0.39, 0.29) is 18.3 Å². The SMILES string of the molecule is Cc1cc(C(=O)NCCCCN)c(C)o1.Cl. The highest BCUT2D eigenvalue weighted by atomic mass is 35.5. The second-order valence-electron chi connectivity index (χ2n) is 3.58. The second-order valence-corrected chi connectivity index (χ2v) is 3.58. The molecule has 1 amide bonds. The van der Waals surface area contributed by atoms with Crippen molar-refractivity contribution < 1.29 is 9.21 Å². The quantitative estimate of drug-likeness (QED) is 0.779. The lowest BCUT2D eigenvalue weighted by molar-refractivity contribution is 0.0951. The van der Waals surface area contributed by atoms with E-state index in [0.29, 0.717) is 24.4 Å². The molecule has 1 rings (SSSR count). The standard InChI is InChI=1S/C11H18N2O2.ClH/c1-8-7-10(9(2)15-8)11(14)13-6-4-3-5-12;/h7H,3-6,12H2,1-2H3,(H,13,14);1H. The Kier molecular flexibility index (Phi) is 6.85. The number of halogens is 1. The highest BCUT2D eigenvalue weighted by Gasteiger charge is 2.12. The highest BCUT2D eigenvalue weighted by molar-refractivity contribution is 5.95. The number of hydrogen-bond donors (Lipinski definition) is 2. The molecule has 0 saturated heterocycles. The lowest BCUT2D eigenvalue weighted by Gasteiger charge is -2.02.